The van der Waals surface area contributed by atoms with Gasteiger partial charge in [-0.2, -0.15) is 0 Å². The van der Waals surface area contributed by atoms with Crippen LogP contribution in [0.4, 0.5) is 0 Å². The number of hydrogen-bond donors (Lipinski definition) is 0. The number of carbonyl (C=O) groups is 5. The van der Waals surface area contributed by atoms with Crippen molar-refractivity contribution in [3.8, 4) is 0 Å². The number of rotatable bonds is 4. The molecule has 0 saturated carbocycles. The highest BCUT2D eigenvalue weighted by atomic mass is 16.7. The number of esters is 4. The molecule has 0 bridgehead atoms. The van der Waals surface area contributed by atoms with Crippen LogP contribution < -0.4 is 0 Å². The van der Waals surface area contributed by atoms with Crippen LogP contribution >= 0.6 is 0 Å². The highest BCUT2D eigenvalue weighted by molar-refractivity contribution is 6.11. The zero-order valence-corrected chi connectivity index (χ0v) is 15.8. The van der Waals surface area contributed by atoms with Gasteiger partial charge in [-0.05, 0) is 24.3 Å². The Kier molecular flexibility index (Phi) is 4.57. The number of hydrogen-bond acceptors (Lipinski definition) is 9. The lowest BCUT2D eigenvalue weighted by Crippen LogP contribution is -2.09. The van der Waals surface area contributed by atoms with Crippen molar-refractivity contribution < 1.29 is 42.9 Å². The number of cyclic esters (lactones) is 2. The minimum atomic E-state index is -1.22. The van der Waals surface area contributed by atoms with Gasteiger partial charge in [0.05, 0.1) is 11.1 Å². The van der Waals surface area contributed by atoms with Crippen LogP contribution in [0.1, 0.15) is 74.2 Å². The highest BCUT2D eigenvalue weighted by Gasteiger charge is 2.36. The molecule has 2 aliphatic rings. The van der Waals surface area contributed by atoms with Gasteiger partial charge in [0.2, 0.25) is 0 Å². The Morgan fingerprint density at radius 1 is 0.733 bits per heavy atom. The van der Waals surface area contributed by atoms with E-state index in [1.165, 1.54) is 50.2 Å². The fourth-order valence-corrected chi connectivity index (χ4v) is 3.26. The fourth-order valence-electron chi connectivity index (χ4n) is 3.26. The Morgan fingerprint density at radius 3 is 1.90 bits per heavy atom. The van der Waals surface area contributed by atoms with Gasteiger partial charge in [0, 0.05) is 36.1 Å². The lowest BCUT2D eigenvalue weighted by molar-refractivity contribution is -0.166. The molecular formula is C21H14O9. The molecule has 0 spiro atoms. The quantitative estimate of drug-likeness (QED) is 0.552. The predicted octanol–water partition coefficient (Wildman–Crippen LogP) is 2.38. The molecule has 2 atom stereocenters. The Hall–Kier alpha value is -4.01. The minimum absolute atomic E-state index is 0.115. The maximum absolute atomic E-state index is 13.0. The summed E-state index contributed by atoms with van der Waals surface area (Å²) in [6.07, 6.45) is -2.38. The molecule has 0 radical (unpaired) electrons. The monoisotopic (exact) mass is 410 g/mol. The average molecular weight is 410 g/mol. The van der Waals surface area contributed by atoms with Crippen LogP contribution in [0.15, 0.2) is 36.4 Å². The van der Waals surface area contributed by atoms with Gasteiger partial charge >= 0.3 is 23.9 Å². The molecule has 2 aromatic rings. The van der Waals surface area contributed by atoms with Crippen molar-refractivity contribution in [1.29, 1.82) is 0 Å². The van der Waals surface area contributed by atoms with Gasteiger partial charge in [-0.25, -0.2) is 9.59 Å². The summed E-state index contributed by atoms with van der Waals surface area (Å²) >= 11 is 0. The van der Waals surface area contributed by atoms with Crippen molar-refractivity contribution >= 4 is 29.7 Å². The second kappa shape index (κ2) is 7.11. The lowest BCUT2D eigenvalue weighted by Gasteiger charge is -2.11. The van der Waals surface area contributed by atoms with E-state index in [1.807, 2.05) is 0 Å². The van der Waals surface area contributed by atoms with Gasteiger partial charge in [-0.1, -0.05) is 12.1 Å². The summed E-state index contributed by atoms with van der Waals surface area (Å²) in [5.41, 5.74) is 1.30. The Balaban J connectivity index is 1.66. The van der Waals surface area contributed by atoms with E-state index in [1.54, 1.807) is 0 Å². The molecule has 4 rings (SSSR count). The third kappa shape index (κ3) is 3.30. The van der Waals surface area contributed by atoms with E-state index >= 15 is 0 Å². The van der Waals surface area contributed by atoms with Gasteiger partial charge in [0.25, 0.3) is 12.6 Å². The number of carbonyl (C=O) groups excluding carboxylic acids is 5. The molecule has 0 amide bonds. The maximum Gasteiger partial charge on any atom is 0.342 e. The van der Waals surface area contributed by atoms with Gasteiger partial charge in [0.15, 0.2) is 5.78 Å². The molecular weight excluding hydrogens is 396 g/mol. The normalized spacial score (nSPS) is 18.7. The average Bonchev–Trinajstić information content (AvgIpc) is 3.16. The molecule has 0 aliphatic carbocycles. The van der Waals surface area contributed by atoms with Crippen LogP contribution in [0.5, 0.6) is 0 Å². The fraction of sp³-hybridized carbons (Fsp3) is 0.190. The second-order valence-corrected chi connectivity index (χ2v) is 6.63. The molecule has 0 fully saturated rings. The van der Waals surface area contributed by atoms with Crippen molar-refractivity contribution in [3.05, 3.63) is 69.8 Å². The molecule has 2 aromatic carbocycles. The molecule has 2 unspecified atom stereocenters. The number of fused-ring (bicyclic) bond motifs is 2. The van der Waals surface area contributed by atoms with Crippen molar-refractivity contribution in [2.24, 2.45) is 0 Å². The molecule has 9 heteroatoms. The highest BCUT2D eigenvalue weighted by Crippen LogP contribution is 2.35. The van der Waals surface area contributed by atoms with Gasteiger partial charge in [0.1, 0.15) is 0 Å². The zero-order valence-electron chi connectivity index (χ0n) is 15.8. The molecule has 30 heavy (non-hydrogen) atoms. The van der Waals surface area contributed by atoms with Crippen molar-refractivity contribution in [1.82, 2.24) is 0 Å². The Morgan fingerprint density at radius 2 is 1.27 bits per heavy atom. The van der Waals surface area contributed by atoms with Crippen LogP contribution in [-0.2, 0) is 28.5 Å². The molecule has 0 saturated heterocycles. The van der Waals surface area contributed by atoms with E-state index in [9.17, 15) is 24.0 Å². The standard InChI is InChI=1S/C21H14O9/c1-9(22)27-20-14-6-4-11(7-15(14)19(26)30-20)17(24)12-3-5-13-16(8-12)21(28-10(2)23)29-18(13)25/h3-8,20-21H,1-2H3. The molecule has 152 valence electrons. The summed E-state index contributed by atoms with van der Waals surface area (Å²) in [6.45, 7) is 2.36. The minimum Gasteiger partial charge on any atom is -0.421 e. The third-order valence-corrected chi connectivity index (χ3v) is 4.55. The summed E-state index contributed by atoms with van der Waals surface area (Å²) in [5, 5.41) is 0. The van der Waals surface area contributed by atoms with E-state index < -0.39 is 42.2 Å². The smallest absolute Gasteiger partial charge is 0.342 e. The van der Waals surface area contributed by atoms with E-state index in [0.717, 1.165) is 0 Å². The van der Waals surface area contributed by atoms with Crippen LogP contribution in [-0.4, -0.2) is 29.7 Å². The van der Waals surface area contributed by atoms with E-state index in [2.05, 4.69) is 0 Å². The maximum atomic E-state index is 13.0. The second-order valence-electron chi connectivity index (χ2n) is 6.63. The van der Waals surface area contributed by atoms with E-state index in [0.29, 0.717) is 5.56 Å². The predicted molar refractivity (Wildman–Crippen MR) is 96.2 cm³/mol. The zero-order chi connectivity index (χ0) is 21.6. The first kappa shape index (κ1) is 19.3. The molecule has 0 N–H and O–H groups in total. The van der Waals surface area contributed by atoms with Gasteiger partial charge in [-0.3, -0.25) is 14.4 Å². The summed E-state index contributed by atoms with van der Waals surface area (Å²) in [5.74, 6) is -3.07. The van der Waals surface area contributed by atoms with Crippen LogP contribution in [0.25, 0.3) is 0 Å². The Labute approximate surface area is 169 Å². The van der Waals surface area contributed by atoms with Crippen LogP contribution in [0.3, 0.4) is 0 Å². The van der Waals surface area contributed by atoms with Crippen molar-refractivity contribution in [2.75, 3.05) is 0 Å². The lowest BCUT2D eigenvalue weighted by atomic mass is 9.96. The van der Waals surface area contributed by atoms with Crippen LogP contribution in [0, 0.1) is 0 Å². The summed E-state index contributed by atoms with van der Waals surface area (Å²) in [4.78, 5) is 59.3. The summed E-state index contributed by atoms with van der Waals surface area (Å²) < 4.78 is 19.9. The first-order valence-electron chi connectivity index (χ1n) is 8.83. The first-order valence-corrected chi connectivity index (χ1v) is 8.83. The van der Waals surface area contributed by atoms with E-state index in [4.69, 9.17) is 18.9 Å². The van der Waals surface area contributed by atoms with Crippen molar-refractivity contribution in [2.45, 2.75) is 26.4 Å². The molecule has 9 nitrogen and oxygen atoms in total. The topological polar surface area (TPSA) is 122 Å². The summed E-state index contributed by atoms with van der Waals surface area (Å²) in [6, 6.07) is 8.55. The SMILES string of the molecule is CC(=O)OC1OC(=O)c2cc(C(=O)c3ccc4c(c3)C(OC(C)=O)OC4=O)ccc21. The largest absolute Gasteiger partial charge is 0.421 e. The Bertz CT molecular complexity index is 1130. The van der Waals surface area contributed by atoms with Crippen LogP contribution in [0.2, 0.25) is 0 Å². The van der Waals surface area contributed by atoms with E-state index in [-0.39, 0.29) is 27.8 Å². The molecule has 0 aromatic heterocycles. The summed E-state index contributed by atoms with van der Waals surface area (Å²) in [7, 11) is 0. The molecule has 2 heterocycles. The number of benzene rings is 2. The number of ether oxygens (including phenoxy) is 4. The number of ketones is 1. The first-order chi connectivity index (χ1) is 14.2. The van der Waals surface area contributed by atoms with Gasteiger partial charge in [-0.15, -0.1) is 0 Å². The third-order valence-electron chi connectivity index (χ3n) is 4.55. The van der Waals surface area contributed by atoms with Gasteiger partial charge < -0.3 is 18.9 Å². The van der Waals surface area contributed by atoms with Crippen molar-refractivity contribution in [3.63, 3.8) is 0 Å². The molecule has 2 aliphatic heterocycles.